The highest BCUT2D eigenvalue weighted by molar-refractivity contribution is 5.79. The van der Waals surface area contributed by atoms with E-state index in [1.165, 1.54) is 0 Å². The lowest BCUT2D eigenvalue weighted by atomic mass is 10.1. The Labute approximate surface area is 90.2 Å². The number of rotatable bonds is 8. The molecule has 0 aliphatic carbocycles. The SMILES string of the molecule is CCCNCC(=O)NCC(CC)C(=O)O. The maximum Gasteiger partial charge on any atom is 0.308 e. The van der Waals surface area contributed by atoms with E-state index in [9.17, 15) is 9.59 Å². The van der Waals surface area contributed by atoms with Crippen LogP contribution < -0.4 is 10.6 Å². The number of hydrogen-bond acceptors (Lipinski definition) is 3. The second-order valence-corrected chi connectivity index (χ2v) is 3.42. The monoisotopic (exact) mass is 216 g/mol. The average molecular weight is 216 g/mol. The molecular formula is C10H20N2O3. The molecule has 3 N–H and O–H groups in total. The first kappa shape index (κ1) is 13.9. The molecule has 0 aliphatic heterocycles. The molecule has 0 heterocycles. The number of aliphatic carboxylic acids is 1. The number of nitrogens with one attached hydrogen (secondary N) is 2. The molecule has 5 heteroatoms. The van der Waals surface area contributed by atoms with E-state index in [2.05, 4.69) is 10.6 Å². The van der Waals surface area contributed by atoms with Gasteiger partial charge in [-0.1, -0.05) is 13.8 Å². The number of hydrogen-bond donors (Lipinski definition) is 3. The summed E-state index contributed by atoms with van der Waals surface area (Å²) in [6.45, 7) is 5.06. The van der Waals surface area contributed by atoms with Crippen molar-refractivity contribution in [3.63, 3.8) is 0 Å². The van der Waals surface area contributed by atoms with Crippen molar-refractivity contribution < 1.29 is 14.7 Å². The van der Waals surface area contributed by atoms with Gasteiger partial charge >= 0.3 is 5.97 Å². The molecule has 0 aromatic heterocycles. The predicted molar refractivity (Wildman–Crippen MR) is 57.6 cm³/mol. The van der Waals surface area contributed by atoms with Crippen LogP contribution in [0.15, 0.2) is 0 Å². The summed E-state index contributed by atoms with van der Waals surface area (Å²) in [6, 6.07) is 0. The highest BCUT2D eigenvalue weighted by Crippen LogP contribution is 1.99. The van der Waals surface area contributed by atoms with Crippen molar-refractivity contribution in [2.75, 3.05) is 19.6 Å². The smallest absolute Gasteiger partial charge is 0.308 e. The highest BCUT2D eigenvalue weighted by atomic mass is 16.4. The van der Waals surface area contributed by atoms with Crippen LogP contribution in [-0.4, -0.2) is 36.6 Å². The van der Waals surface area contributed by atoms with Crippen LogP contribution in [0.25, 0.3) is 0 Å². The molecule has 0 rings (SSSR count). The third kappa shape index (κ3) is 6.90. The van der Waals surface area contributed by atoms with Gasteiger partial charge in [-0.2, -0.15) is 0 Å². The summed E-state index contributed by atoms with van der Waals surface area (Å²) in [7, 11) is 0. The molecule has 0 radical (unpaired) electrons. The van der Waals surface area contributed by atoms with Crippen molar-refractivity contribution in [1.82, 2.24) is 10.6 Å². The predicted octanol–water partition coefficient (Wildman–Crippen LogP) is 0.213. The number of carboxylic acids is 1. The maximum absolute atomic E-state index is 11.2. The van der Waals surface area contributed by atoms with Crippen LogP contribution in [0.2, 0.25) is 0 Å². The molecule has 0 aliphatic rings. The van der Waals surface area contributed by atoms with Crippen molar-refractivity contribution in [2.24, 2.45) is 5.92 Å². The standard InChI is InChI=1S/C10H20N2O3/c1-3-5-11-7-9(13)12-6-8(4-2)10(14)15/h8,11H,3-7H2,1-2H3,(H,12,13)(H,14,15). The topological polar surface area (TPSA) is 78.4 Å². The van der Waals surface area contributed by atoms with Gasteiger partial charge in [-0.05, 0) is 19.4 Å². The van der Waals surface area contributed by atoms with E-state index in [4.69, 9.17) is 5.11 Å². The van der Waals surface area contributed by atoms with Gasteiger partial charge in [0.15, 0.2) is 0 Å². The van der Waals surface area contributed by atoms with Gasteiger partial charge in [0.1, 0.15) is 0 Å². The van der Waals surface area contributed by atoms with E-state index in [0.717, 1.165) is 13.0 Å². The Hall–Kier alpha value is -1.10. The van der Waals surface area contributed by atoms with Crippen LogP contribution >= 0.6 is 0 Å². The van der Waals surface area contributed by atoms with Crippen LogP contribution in [0.4, 0.5) is 0 Å². The fraction of sp³-hybridized carbons (Fsp3) is 0.800. The molecule has 1 atom stereocenters. The van der Waals surface area contributed by atoms with Crippen LogP contribution in [0.1, 0.15) is 26.7 Å². The Balaban J connectivity index is 3.64. The third-order valence-electron chi connectivity index (χ3n) is 2.10. The van der Waals surface area contributed by atoms with E-state index >= 15 is 0 Å². The largest absolute Gasteiger partial charge is 0.481 e. The molecule has 0 spiro atoms. The molecule has 0 bridgehead atoms. The number of carboxylic acid groups (broad SMARTS) is 1. The van der Waals surface area contributed by atoms with Crippen molar-refractivity contribution in [3.8, 4) is 0 Å². The minimum atomic E-state index is -0.862. The van der Waals surface area contributed by atoms with E-state index in [1.54, 1.807) is 6.92 Å². The van der Waals surface area contributed by atoms with E-state index in [0.29, 0.717) is 6.42 Å². The van der Waals surface area contributed by atoms with Gasteiger partial charge < -0.3 is 15.7 Å². The van der Waals surface area contributed by atoms with Crippen LogP contribution in [0.5, 0.6) is 0 Å². The van der Waals surface area contributed by atoms with Gasteiger partial charge in [0.2, 0.25) is 5.91 Å². The normalized spacial score (nSPS) is 12.1. The molecule has 1 unspecified atom stereocenters. The summed E-state index contributed by atoms with van der Waals surface area (Å²) in [6.07, 6.45) is 1.50. The van der Waals surface area contributed by atoms with Gasteiger partial charge in [0, 0.05) is 6.54 Å². The zero-order valence-corrected chi connectivity index (χ0v) is 9.38. The van der Waals surface area contributed by atoms with Crippen LogP contribution in [0.3, 0.4) is 0 Å². The third-order valence-corrected chi connectivity index (χ3v) is 2.10. The van der Waals surface area contributed by atoms with E-state index in [1.807, 2.05) is 6.92 Å². The van der Waals surface area contributed by atoms with Gasteiger partial charge in [-0.15, -0.1) is 0 Å². The summed E-state index contributed by atoms with van der Waals surface area (Å²) in [5.41, 5.74) is 0. The van der Waals surface area contributed by atoms with Crippen molar-refractivity contribution >= 4 is 11.9 Å². The molecule has 0 aromatic carbocycles. The summed E-state index contributed by atoms with van der Waals surface area (Å²) >= 11 is 0. The Morgan fingerprint density at radius 2 is 2.00 bits per heavy atom. The second kappa shape index (κ2) is 8.23. The number of carbonyl (C=O) groups excluding carboxylic acids is 1. The average Bonchev–Trinajstić information content (AvgIpc) is 2.18. The molecule has 0 aromatic rings. The Kier molecular flexibility index (Phi) is 7.62. The number of amides is 1. The summed E-state index contributed by atoms with van der Waals surface area (Å²) in [4.78, 5) is 21.8. The lowest BCUT2D eigenvalue weighted by Gasteiger charge is -2.11. The summed E-state index contributed by atoms with van der Waals surface area (Å²) in [5, 5.41) is 14.3. The van der Waals surface area contributed by atoms with E-state index in [-0.39, 0.29) is 19.0 Å². The van der Waals surface area contributed by atoms with Crippen molar-refractivity contribution in [3.05, 3.63) is 0 Å². The Bertz CT molecular complexity index is 207. The lowest BCUT2D eigenvalue weighted by Crippen LogP contribution is -2.38. The van der Waals surface area contributed by atoms with Crippen molar-refractivity contribution in [1.29, 1.82) is 0 Å². The van der Waals surface area contributed by atoms with Crippen molar-refractivity contribution in [2.45, 2.75) is 26.7 Å². The first-order chi connectivity index (χ1) is 7.11. The number of carbonyl (C=O) groups is 2. The fourth-order valence-electron chi connectivity index (χ4n) is 1.08. The highest BCUT2D eigenvalue weighted by Gasteiger charge is 2.15. The molecular weight excluding hydrogens is 196 g/mol. The first-order valence-corrected chi connectivity index (χ1v) is 5.32. The van der Waals surface area contributed by atoms with Crippen LogP contribution in [0, 0.1) is 5.92 Å². The summed E-state index contributed by atoms with van der Waals surface area (Å²) in [5.74, 6) is -1.50. The zero-order chi connectivity index (χ0) is 11.7. The fourth-order valence-corrected chi connectivity index (χ4v) is 1.08. The van der Waals surface area contributed by atoms with Gasteiger partial charge in [0.25, 0.3) is 0 Å². The Morgan fingerprint density at radius 3 is 2.47 bits per heavy atom. The molecule has 0 saturated carbocycles. The van der Waals surface area contributed by atoms with Crippen LogP contribution in [-0.2, 0) is 9.59 Å². The molecule has 88 valence electrons. The van der Waals surface area contributed by atoms with Gasteiger partial charge in [-0.3, -0.25) is 9.59 Å². The van der Waals surface area contributed by atoms with E-state index < -0.39 is 11.9 Å². The molecule has 5 nitrogen and oxygen atoms in total. The second-order valence-electron chi connectivity index (χ2n) is 3.42. The minimum absolute atomic E-state index is 0.150. The minimum Gasteiger partial charge on any atom is -0.481 e. The van der Waals surface area contributed by atoms with Gasteiger partial charge in [-0.25, -0.2) is 0 Å². The molecule has 0 saturated heterocycles. The summed E-state index contributed by atoms with van der Waals surface area (Å²) < 4.78 is 0. The molecule has 0 fully saturated rings. The quantitative estimate of drug-likeness (QED) is 0.507. The molecule has 15 heavy (non-hydrogen) atoms. The lowest BCUT2D eigenvalue weighted by molar-refractivity contribution is -0.141. The Morgan fingerprint density at radius 1 is 1.33 bits per heavy atom. The zero-order valence-electron chi connectivity index (χ0n) is 9.38. The maximum atomic E-state index is 11.2. The molecule has 1 amide bonds. The van der Waals surface area contributed by atoms with Gasteiger partial charge in [0.05, 0.1) is 12.5 Å². The first-order valence-electron chi connectivity index (χ1n) is 5.32.